The van der Waals surface area contributed by atoms with Crippen LogP contribution in [0.15, 0.2) is 24.3 Å². The number of rotatable bonds is 2. The van der Waals surface area contributed by atoms with Gasteiger partial charge in [0.2, 0.25) is 5.91 Å². The Bertz CT molecular complexity index is 388. The van der Waals surface area contributed by atoms with Gasteiger partial charge in [0.1, 0.15) is 5.82 Å². The summed E-state index contributed by atoms with van der Waals surface area (Å²) >= 11 is 0. The van der Waals surface area contributed by atoms with Crippen molar-refractivity contribution in [1.82, 2.24) is 5.32 Å². The molecule has 5 heteroatoms. The summed E-state index contributed by atoms with van der Waals surface area (Å²) in [4.78, 5) is 12.0. The average molecular weight is 259 g/mol. The highest BCUT2D eigenvalue weighted by molar-refractivity contribution is 5.95. The van der Waals surface area contributed by atoms with Crippen molar-refractivity contribution >= 4 is 24.0 Å². The molecule has 1 unspecified atom stereocenters. The number of anilines is 1. The van der Waals surface area contributed by atoms with Gasteiger partial charge in [0, 0.05) is 12.2 Å². The van der Waals surface area contributed by atoms with Crippen LogP contribution in [-0.4, -0.2) is 19.0 Å². The van der Waals surface area contributed by atoms with Crippen LogP contribution >= 0.6 is 12.4 Å². The fourth-order valence-electron chi connectivity index (χ4n) is 1.83. The second-order valence-corrected chi connectivity index (χ2v) is 4.45. The normalized spacial score (nSPS) is 22.9. The Morgan fingerprint density at radius 2 is 2.06 bits per heavy atom. The molecule has 1 aromatic rings. The molecule has 0 aromatic heterocycles. The van der Waals surface area contributed by atoms with Crippen LogP contribution in [0.25, 0.3) is 0 Å². The fraction of sp³-hybridized carbons (Fsp3) is 0.417. The molecule has 1 aliphatic heterocycles. The van der Waals surface area contributed by atoms with Gasteiger partial charge in [-0.1, -0.05) is 0 Å². The van der Waals surface area contributed by atoms with Crippen molar-refractivity contribution in [3.8, 4) is 0 Å². The SMILES string of the molecule is CC1(C(=O)Nc2ccc(F)cc2)CCNC1.Cl. The van der Waals surface area contributed by atoms with Crippen molar-refractivity contribution < 1.29 is 9.18 Å². The van der Waals surface area contributed by atoms with Crippen molar-refractivity contribution in [2.75, 3.05) is 18.4 Å². The van der Waals surface area contributed by atoms with Crippen LogP contribution in [0.3, 0.4) is 0 Å². The lowest BCUT2D eigenvalue weighted by Gasteiger charge is -2.21. The van der Waals surface area contributed by atoms with Gasteiger partial charge in [-0.25, -0.2) is 4.39 Å². The molecule has 0 bridgehead atoms. The van der Waals surface area contributed by atoms with Crippen LogP contribution in [0.4, 0.5) is 10.1 Å². The summed E-state index contributed by atoms with van der Waals surface area (Å²) in [6.45, 7) is 3.50. The van der Waals surface area contributed by atoms with Crippen molar-refractivity contribution in [3.63, 3.8) is 0 Å². The number of halogens is 2. The maximum Gasteiger partial charge on any atom is 0.231 e. The van der Waals surface area contributed by atoms with Crippen LogP contribution in [0.5, 0.6) is 0 Å². The molecule has 0 saturated carbocycles. The molecule has 1 fully saturated rings. The Morgan fingerprint density at radius 1 is 1.41 bits per heavy atom. The molecule has 0 radical (unpaired) electrons. The van der Waals surface area contributed by atoms with E-state index in [0.717, 1.165) is 13.0 Å². The molecule has 1 saturated heterocycles. The van der Waals surface area contributed by atoms with Gasteiger partial charge in [-0.15, -0.1) is 12.4 Å². The number of carbonyl (C=O) groups is 1. The van der Waals surface area contributed by atoms with Gasteiger partial charge < -0.3 is 10.6 Å². The van der Waals surface area contributed by atoms with Crippen LogP contribution in [0.1, 0.15) is 13.3 Å². The van der Waals surface area contributed by atoms with Gasteiger partial charge in [-0.2, -0.15) is 0 Å². The highest BCUT2D eigenvalue weighted by atomic mass is 35.5. The van der Waals surface area contributed by atoms with E-state index < -0.39 is 0 Å². The molecule has 1 amide bonds. The Labute approximate surface area is 106 Å². The minimum Gasteiger partial charge on any atom is -0.326 e. The largest absolute Gasteiger partial charge is 0.326 e. The molecule has 0 spiro atoms. The molecule has 1 aliphatic rings. The molecule has 2 rings (SSSR count). The molecule has 0 aliphatic carbocycles. The maximum absolute atomic E-state index is 12.7. The zero-order chi connectivity index (χ0) is 11.6. The smallest absolute Gasteiger partial charge is 0.231 e. The van der Waals surface area contributed by atoms with E-state index in [1.807, 2.05) is 6.92 Å². The van der Waals surface area contributed by atoms with Gasteiger partial charge in [-0.05, 0) is 44.2 Å². The number of hydrogen-bond donors (Lipinski definition) is 2. The van der Waals surface area contributed by atoms with Crippen LogP contribution < -0.4 is 10.6 Å². The van der Waals surface area contributed by atoms with Gasteiger partial charge >= 0.3 is 0 Å². The Hall–Kier alpha value is -1.13. The number of benzene rings is 1. The standard InChI is InChI=1S/C12H15FN2O.ClH/c1-12(6-7-14-8-12)11(16)15-10-4-2-9(13)3-5-10;/h2-5,14H,6-8H2,1H3,(H,15,16);1H. The number of hydrogen-bond acceptors (Lipinski definition) is 2. The van der Waals surface area contributed by atoms with E-state index in [1.54, 1.807) is 12.1 Å². The zero-order valence-corrected chi connectivity index (χ0v) is 10.4. The van der Waals surface area contributed by atoms with E-state index in [0.29, 0.717) is 12.2 Å². The molecule has 1 atom stereocenters. The third-order valence-corrected chi connectivity index (χ3v) is 3.02. The Morgan fingerprint density at radius 3 is 2.59 bits per heavy atom. The van der Waals surface area contributed by atoms with Crippen LogP contribution in [-0.2, 0) is 4.79 Å². The molecule has 3 nitrogen and oxygen atoms in total. The summed E-state index contributed by atoms with van der Waals surface area (Å²) in [5, 5.41) is 5.97. The number of amides is 1. The van der Waals surface area contributed by atoms with E-state index in [4.69, 9.17) is 0 Å². The topological polar surface area (TPSA) is 41.1 Å². The second kappa shape index (κ2) is 5.47. The quantitative estimate of drug-likeness (QED) is 0.854. The minimum atomic E-state index is -0.353. The first-order valence-electron chi connectivity index (χ1n) is 5.38. The van der Waals surface area contributed by atoms with Crippen molar-refractivity contribution in [2.24, 2.45) is 5.41 Å². The Balaban J connectivity index is 0.00000144. The van der Waals surface area contributed by atoms with E-state index in [1.165, 1.54) is 12.1 Å². The molecular weight excluding hydrogens is 243 g/mol. The summed E-state index contributed by atoms with van der Waals surface area (Å²) in [7, 11) is 0. The molecular formula is C12H16ClFN2O. The first kappa shape index (κ1) is 13.9. The predicted octanol–water partition coefficient (Wildman–Crippen LogP) is 2.19. The van der Waals surface area contributed by atoms with E-state index in [-0.39, 0.29) is 29.5 Å². The summed E-state index contributed by atoms with van der Waals surface area (Å²) in [5.41, 5.74) is 0.286. The van der Waals surface area contributed by atoms with Gasteiger partial charge in [-0.3, -0.25) is 4.79 Å². The lowest BCUT2D eigenvalue weighted by Crippen LogP contribution is -2.35. The first-order valence-corrected chi connectivity index (χ1v) is 5.38. The summed E-state index contributed by atoms with van der Waals surface area (Å²) in [6.07, 6.45) is 0.833. The van der Waals surface area contributed by atoms with Crippen molar-refractivity contribution in [2.45, 2.75) is 13.3 Å². The third kappa shape index (κ3) is 3.17. The molecule has 1 aromatic carbocycles. The Kier molecular flexibility index (Phi) is 4.48. The number of nitrogens with one attached hydrogen (secondary N) is 2. The van der Waals surface area contributed by atoms with Gasteiger partial charge in [0.05, 0.1) is 5.41 Å². The van der Waals surface area contributed by atoms with Crippen LogP contribution in [0, 0.1) is 11.2 Å². The van der Waals surface area contributed by atoms with E-state index in [9.17, 15) is 9.18 Å². The zero-order valence-electron chi connectivity index (χ0n) is 9.63. The minimum absolute atomic E-state index is 0. The summed E-state index contributed by atoms with van der Waals surface area (Å²) in [6, 6.07) is 5.81. The third-order valence-electron chi connectivity index (χ3n) is 3.02. The average Bonchev–Trinajstić information content (AvgIpc) is 2.70. The first-order chi connectivity index (χ1) is 7.60. The lowest BCUT2D eigenvalue weighted by atomic mass is 9.89. The van der Waals surface area contributed by atoms with Gasteiger partial charge in [0.15, 0.2) is 0 Å². The fourth-order valence-corrected chi connectivity index (χ4v) is 1.83. The molecule has 94 valence electrons. The molecule has 1 heterocycles. The lowest BCUT2D eigenvalue weighted by molar-refractivity contribution is -0.123. The monoisotopic (exact) mass is 258 g/mol. The van der Waals surface area contributed by atoms with Crippen molar-refractivity contribution in [1.29, 1.82) is 0 Å². The van der Waals surface area contributed by atoms with Crippen molar-refractivity contribution in [3.05, 3.63) is 30.1 Å². The van der Waals surface area contributed by atoms with E-state index in [2.05, 4.69) is 10.6 Å². The van der Waals surface area contributed by atoms with Crippen LogP contribution in [0.2, 0.25) is 0 Å². The highest BCUT2D eigenvalue weighted by Gasteiger charge is 2.36. The molecule has 2 N–H and O–H groups in total. The summed E-state index contributed by atoms with van der Waals surface area (Å²) < 4.78 is 12.7. The maximum atomic E-state index is 12.7. The summed E-state index contributed by atoms with van der Waals surface area (Å²) in [5.74, 6) is -0.309. The molecule has 17 heavy (non-hydrogen) atoms. The number of carbonyl (C=O) groups excluding carboxylic acids is 1. The highest BCUT2D eigenvalue weighted by Crippen LogP contribution is 2.26. The second-order valence-electron chi connectivity index (χ2n) is 4.45. The van der Waals surface area contributed by atoms with Gasteiger partial charge in [0.25, 0.3) is 0 Å². The predicted molar refractivity (Wildman–Crippen MR) is 67.9 cm³/mol. The van der Waals surface area contributed by atoms with E-state index >= 15 is 0 Å².